The highest BCUT2D eigenvalue weighted by molar-refractivity contribution is 6.30. The van der Waals surface area contributed by atoms with Gasteiger partial charge in [0, 0.05) is 6.07 Å². The molecule has 106 valence electrons. The van der Waals surface area contributed by atoms with Crippen molar-refractivity contribution in [2.24, 2.45) is 0 Å². The summed E-state index contributed by atoms with van der Waals surface area (Å²) in [6.07, 6.45) is -2.28. The second kappa shape index (κ2) is 5.00. The Morgan fingerprint density at radius 2 is 2.10 bits per heavy atom. The minimum atomic E-state index is -4.68. The number of nitro benzene ring substituents is 1. The number of benzene rings is 1. The zero-order valence-electron chi connectivity index (χ0n) is 9.46. The van der Waals surface area contributed by atoms with Gasteiger partial charge in [0.1, 0.15) is 0 Å². The van der Waals surface area contributed by atoms with Crippen LogP contribution in [0.5, 0.6) is 5.75 Å². The van der Waals surface area contributed by atoms with Gasteiger partial charge in [0.2, 0.25) is 5.75 Å². The van der Waals surface area contributed by atoms with Crippen molar-refractivity contribution in [1.29, 1.82) is 0 Å². The first kappa shape index (κ1) is 14.1. The van der Waals surface area contributed by atoms with Crippen molar-refractivity contribution in [3.8, 4) is 5.75 Å². The topological polar surface area (TPSA) is 70.2 Å². The number of nitrogens with zero attached hydrogens (tertiary/aromatic N) is 3. The van der Waals surface area contributed by atoms with E-state index in [4.69, 9.17) is 16.4 Å². The normalized spacial score (nSPS) is 11.4. The van der Waals surface area contributed by atoms with Gasteiger partial charge in [-0.3, -0.25) is 10.1 Å². The van der Waals surface area contributed by atoms with Gasteiger partial charge in [0.05, 0.1) is 27.9 Å². The van der Waals surface area contributed by atoms with Crippen molar-refractivity contribution in [2.75, 3.05) is 0 Å². The van der Waals surface area contributed by atoms with Gasteiger partial charge >= 0.3 is 11.9 Å². The summed E-state index contributed by atoms with van der Waals surface area (Å²) in [4.78, 5) is 15.6. The van der Waals surface area contributed by atoms with E-state index in [0.29, 0.717) is 12.1 Å². The van der Waals surface area contributed by atoms with Crippen molar-refractivity contribution < 1.29 is 22.9 Å². The minimum Gasteiger partial charge on any atom is -0.351 e. The Bertz CT molecular complexity index is 657. The maximum Gasteiger partial charge on any atom is 0.416 e. The standard InChI is InChI=1S/C10H5ClF3N3O3/c11-7-4-15-16(5-7)20-9-2-1-6(10(12,13)14)3-8(9)17(18)19/h1-5H. The molecule has 0 aliphatic heterocycles. The second-order valence-electron chi connectivity index (χ2n) is 3.59. The Morgan fingerprint density at radius 3 is 2.60 bits per heavy atom. The van der Waals surface area contributed by atoms with E-state index in [0.717, 1.165) is 10.9 Å². The molecule has 0 atom stereocenters. The summed E-state index contributed by atoms with van der Waals surface area (Å²) in [5.41, 5.74) is -1.97. The molecule has 0 radical (unpaired) electrons. The van der Waals surface area contributed by atoms with E-state index in [1.807, 2.05) is 0 Å². The fourth-order valence-electron chi connectivity index (χ4n) is 1.35. The van der Waals surface area contributed by atoms with Crippen LogP contribution in [0.15, 0.2) is 30.6 Å². The predicted octanol–water partition coefficient (Wildman–Crippen LogP) is 3.31. The number of hydrogen-bond donors (Lipinski definition) is 0. The highest BCUT2D eigenvalue weighted by Crippen LogP contribution is 2.36. The van der Waals surface area contributed by atoms with E-state index < -0.39 is 22.4 Å². The lowest BCUT2D eigenvalue weighted by molar-refractivity contribution is -0.386. The number of halogens is 4. The number of aromatic nitrogens is 2. The fraction of sp³-hybridized carbons (Fsp3) is 0.100. The molecule has 2 rings (SSSR count). The van der Waals surface area contributed by atoms with Gasteiger partial charge in [-0.25, -0.2) is 0 Å². The molecule has 0 N–H and O–H groups in total. The molecular formula is C10H5ClF3N3O3. The van der Waals surface area contributed by atoms with Crippen LogP contribution in [0.25, 0.3) is 0 Å². The van der Waals surface area contributed by atoms with Crippen LogP contribution >= 0.6 is 11.6 Å². The molecule has 0 saturated heterocycles. The molecule has 10 heteroatoms. The molecule has 2 aromatic rings. The number of alkyl halides is 3. The van der Waals surface area contributed by atoms with E-state index >= 15 is 0 Å². The van der Waals surface area contributed by atoms with Crippen molar-refractivity contribution in [1.82, 2.24) is 9.94 Å². The van der Waals surface area contributed by atoms with E-state index in [1.165, 1.54) is 12.4 Å². The lowest BCUT2D eigenvalue weighted by atomic mass is 10.2. The van der Waals surface area contributed by atoms with Gasteiger partial charge in [-0.05, 0) is 12.1 Å². The lowest BCUT2D eigenvalue weighted by Gasteiger charge is -2.09. The SMILES string of the molecule is O=[N+]([O-])c1cc(C(F)(F)F)ccc1On1cc(Cl)cn1. The molecule has 6 nitrogen and oxygen atoms in total. The Labute approximate surface area is 114 Å². The van der Waals surface area contributed by atoms with Crippen LogP contribution in [0.2, 0.25) is 5.02 Å². The summed E-state index contributed by atoms with van der Waals surface area (Å²) in [7, 11) is 0. The Hall–Kier alpha value is -2.29. The van der Waals surface area contributed by atoms with Crippen LogP contribution in [-0.4, -0.2) is 14.9 Å². The second-order valence-corrected chi connectivity index (χ2v) is 4.03. The van der Waals surface area contributed by atoms with Gasteiger partial charge < -0.3 is 4.84 Å². The van der Waals surface area contributed by atoms with Crippen LogP contribution in [0.4, 0.5) is 18.9 Å². The Kier molecular flexibility index (Phi) is 3.53. The quantitative estimate of drug-likeness (QED) is 0.644. The molecule has 0 saturated carbocycles. The molecule has 0 spiro atoms. The highest BCUT2D eigenvalue weighted by atomic mass is 35.5. The number of nitro groups is 1. The molecule has 0 aliphatic carbocycles. The molecule has 1 heterocycles. The van der Waals surface area contributed by atoms with Crippen molar-refractivity contribution >= 4 is 17.3 Å². The number of rotatable bonds is 3. The third-order valence-corrected chi connectivity index (χ3v) is 2.40. The van der Waals surface area contributed by atoms with Gasteiger partial charge in [-0.1, -0.05) is 16.4 Å². The predicted molar refractivity (Wildman–Crippen MR) is 61.4 cm³/mol. The first-order valence-electron chi connectivity index (χ1n) is 5.01. The van der Waals surface area contributed by atoms with Gasteiger partial charge in [-0.15, -0.1) is 5.10 Å². The minimum absolute atomic E-state index is 0.208. The van der Waals surface area contributed by atoms with Crippen LogP contribution < -0.4 is 4.84 Å². The smallest absolute Gasteiger partial charge is 0.351 e. The summed E-state index contributed by atoms with van der Waals surface area (Å²) >= 11 is 5.57. The molecule has 0 fully saturated rings. The summed E-state index contributed by atoms with van der Waals surface area (Å²) in [6, 6.07) is 1.91. The van der Waals surface area contributed by atoms with Crippen LogP contribution in [0.3, 0.4) is 0 Å². The molecule has 0 aliphatic rings. The first-order chi connectivity index (χ1) is 9.27. The molecule has 0 amide bonds. The first-order valence-corrected chi connectivity index (χ1v) is 5.39. The summed E-state index contributed by atoms with van der Waals surface area (Å²) in [6.45, 7) is 0. The zero-order chi connectivity index (χ0) is 14.9. The molecule has 0 bridgehead atoms. The third kappa shape index (κ3) is 2.99. The van der Waals surface area contributed by atoms with Gasteiger partial charge in [0.25, 0.3) is 0 Å². The van der Waals surface area contributed by atoms with Crippen LogP contribution in [-0.2, 0) is 6.18 Å². The third-order valence-electron chi connectivity index (χ3n) is 2.20. The van der Waals surface area contributed by atoms with Crippen molar-refractivity contribution in [3.63, 3.8) is 0 Å². The molecule has 1 aromatic heterocycles. The van der Waals surface area contributed by atoms with E-state index in [-0.39, 0.29) is 10.8 Å². The fourth-order valence-corrected chi connectivity index (χ4v) is 1.48. The maximum absolute atomic E-state index is 12.5. The monoisotopic (exact) mass is 307 g/mol. The van der Waals surface area contributed by atoms with E-state index in [2.05, 4.69) is 5.10 Å². The summed E-state index contributed by atoms with van der Waals surface area (Å²) < 4.78 is 37.5. The van der Waals surface area contributed by atoms with E-state index in [1.54, 1.807) is 0 Å². The number of hydrogen-bond acceptors (Lipinski definition) is 4. The average molecular weight is 308 g/mol. The van der Waals surface area contributed by atoms with Gasteiger partial charge in [0.15, 0.2) is 0 Å². The van der Waals surface area contributed by atoms with Crippen molar-refractivity contribution in [2.45, 2.75) is 6.18 Å². The molecular weight excluding hydrogens is 303 g/mol. The maximum atomic E-state index is 12.5. The average Bonchev–Trinajstić information content (AvgIpc) is 2.73. The van der Waals surface area contributed by atoms with E-state index in [9.17, 15) is 23.3 Å². The molecule has 1 aromatic carbocycles. The summed E-state index contributed by atoms with van der Waals surface area (Å²) in [5, 5.41) is 14.6. The van der Waals surface area contributed by atoms with Crippen molar-refractivity contribution in [3.05, 3.63) is 51.3 Å². The molecule has 20 heavy (non-hydrogen) atoms. The Balaban J connectivity index is 2.40. The summed E-state index contributed by atoms with van der Waals surface area (Å²) in [5.74, 6) is -0.386. The zero-order valence-corrected chi connectivity index (χ0v) is 10.2. The Morgan fingerprint density at radius 1 is 1.40 bits per heavy atom. The molecule has 0 unspecified atom stereocenters. The van der Waals surface area contributed by atoms with Gasteiger partial charge in [-0.2, -0.15) is 13.2 Å². The lowest BCUT2D eigenvalue weighted by Crippen LogP contribution is -2.09. The van der Waals surface area contributed by atoms with Crippen LogP contribution in [0, 0.1) is 10.1 Å². The van der Waals surface area contributed by atoms with Crippen LogP contribution in [0.1, 0.15) is 5.56 Å². The largest absolute Gasteiger partial charge is 0.416 e. The highest BCUT2D eigenvalue weighted by Gasteiger charge is 2.33.